The third kappa shape index (κ3) is 3.44. The molecule has 1 aromatic rings. The summed E-state index contributed by atoms with van der Waals surface area (Å²) in [4.78, 5) is 11.3. The number of hydrogen-bond donors (Lipinski definition) is 2. The normalized spacial score (nSPS) is 13.9. The Morgan fingerprint density at radius 2 is 2.00 bits per heavy atom. The molecule has 0 saturated carbocycles. The molecule has 0 fully saturated rings. The Bertz CT molecular complexity index is 363. The van der Waals surface area contributed by atoms with Gasteiger partial charge in [0, 0.05) is 0 Å². The van der Waals surface area contributed by atoms with Gasteiger partial charge in [-0.05, 0) is 24.6 Å². The van der Waals surface area contributed by atoms with E-state index in [1.165, 1.54) is 0 Å². The molecule has 0 aromatic heterocycles. The molecule has 1 rings (SSSR count). The van der Waals surface area contributed by atoms with Crippen molar-refractivity contribution in [1.82, 2.24) is 0 Å². The van der Waals surface area contributed by atoms with E-state index < -0.39 is 18.1 Å². The fourth-order valence-electron chi connectivity index (χ4n) is 1.38. The van der Waals surface area contributed by atoms with Crippen LogP contribution in [-0.2, 0) is 9.53 Å². The van der Waals surface area contributed by atoms with Gasteiger partial charge in [0.25, 0.3) is 0 Å². The van der Waals surface area contributed by atoms with Gasteiger partial charge in [-0.25, -0.2) is 0 Å². The summed E-state index contributed by atoms with van der Waals surface area (Å²) in [6.07, 6.45) is -1.08. The van der Waals surface area contributed by atoms with Crippen molar-refractivity contribution in [2.45, 2.75) is 19.1 Å². The molecule has 0 amide bonds. The zero-order chi connectivity index (χ0) is 12.8. The van der Waals surface area contributed by atoms with Crippen molar-refractivity contribution in [1.29, 1.82) is 0 Å². The number of carbonyl (C=O) groups excluding carboxylic acids is 1. The second kappa shape index (κ2) is 6.22. The van der Waals surface area contributed by atoms with E-state index >= 15 is 0 Å². The van der Waals surface area contributed by atoms with Crippen molar-refractivity contribution in [2.75, 3.05) is 13.7 Å². The fraction of sp³-hybridized carbons (Fsp3) is 0.417. The molecule has 0 unspecified atom stereocenters. The van der Waals surface area contributed by atoms with Gasteiger partial charge >= 0.3 is 5.97 Å². The van der Waals surface area contributed by atoms with Crippen LogP contribution in [0.15, 0.2) is 24.3 Å². The van der Waals surface area contributed by atoms with Gasteiger partial charge in [-0.15, -0.1) is 0 Å². The van der Waals surface area contributed by atoms with Gasteiger partial charge in [0.05, 0.1) is 13.7 Å². The maximum absolute atomic E-state index is 11.3. The van der Waals surface area contributed by atoms with Gasteiger partial charge in [0.2, 0.25) is 0 Å². The highest BCUT2D eigenvalue weighted by molar-refractivity contribution is 5.76. The van der Waals surface area contributed by atoms with Crippen molar-refractivity contribution in [3.63, 3.8) is 0 Å². The van der Waals surface area contributed by atoms with Crippen LogP contribution in [0.1, 0.15) is 18.6 Å². The van der Waals surface area contributed by atoms with Crippen LogP contribution < -0.4 is 10.5 Å². The number of aliphatic hydroxyl groups is 1. The zero-order valence-corrected chi connectivity index (χ0v) is 9.92. The highest BCUT2D eigenvalue weighted by Crippen LogP contribution is 2.19. The Morgan fingerprint density at radius 3 is 2.47 bits per heavy atom. The van der Waals surface area contributed by atoms with Gasteiger partial charge in [0.1, 0.15) is 17.9 Å². The first-order chi connectivity index (χ1) is 8.10. The molecule has 94 valence electrons. The highest BCUT2D eigenvalue weighted by Gasteiger charge is 2.25. The monoisotopic (exact) mass is 239 g/mol. The third-order valence-corrected chi connectivity index (χ3v) is 2.36. The predicted octanol–water partition coefficient (Wildman–Crippen LogP) is 0.619. The summed E-state index contributed by atoms with van der Waals surface area (Å²) in [5.41, 5.74) is 6.14. The molecule has 0 aliphatic carbocycles. The molecule has 0 aliphatic heterocycles. The summed E-state index contributed by atoms with van der Waals surface area (Å²) >= 11 is 0. The quantitative estimate of drug-likeness (QED) is 0.736. The van der Waals surface area contributed by atoms with Gasteiger partial charge in [-0.3, -0.25) is 4.79 Å². The molecule has 0 bridgehead atoms. The molecule has 0 spiro atoms. The Labute approximate surface area is 100 Å². The molecule has 0 heterocycles. The summed E-state index contributed by atoms with van der Waals surface area (Å²) in [5, 5.41) is 9.88. The lowest BCUT2D eigenvalue weighted by molar-refractivity contribution is -0.147. The fourth-order valence-corrected chi connectivity index (χ4v) is 1.38. The molecule has 17 heavy (non-hydrogen) atoms. The molecule has 2 atom stereocenters. The van der Waals surface area contributed by atoms with Crippen LogP contribution in [0.25, 0.3) is 0 Å². The number of aliphatic hydroxyl groups excluding tert-OH is 1. The molecule has 0 aliphatic rings. The predicted molar refractivity (Wildman–Crippen MR) is 62.6 cm³/mol. The van der Waals surface area contributed by atoms with Crippen LogP contribution in [0.2, 0.25) is 0 Å². The van der Waals surface area contributed by atoms with Crippen molar-refractivity contribution >= 4 is 5.97 Å². The SMILES string of the molecule is CCOC(=O)[C@@H](N)[C@H](O)c1ccc(OC)cc1. The summed E-state index contributed by atoms with van der Waals surface area (Å²) < 4.78 is 9.73. The van der Waals surface area contributed by atoms with E-state index in [2.05, 4.69) is 0 Å². The number of ether oxygens (including phenoxy) is 2. The molecule has 0 radical (unpaired) electrons. The minimum atomic E-state index is -1.08. The molecule has 0 saturated heterocycles. The second-order valence-electron chi connectivity index (χ2n) is 3.50. The first-order valence-electron chi connectivity index (χ1n) is 5.34. The molecular weight excluding hydrogens is 222 g/mol. The Balaban J connectivity index is 2.73. The largest absolute Gasteiger partial charge is 0.497 e. The lowest BCUT2D eigenvalue weighted by Crippen LogP contribution is -2.38. The molecule has 3 N–H and O–H groups in total. The zero-order valence-electron chi connectivity index (χ0n) is 9.92. The van der Waals surface area contributed by atoms with Crippen molar-refractivity contribution < 1.29 is 19.4 Å². The standard InChI is InChI=1S/C12H17NO4/c1-3-17-12(15)10(13)11(14)8-4-6-9(16-2)7-5-8/h4-7,10-11,14H,3,13H2,1-2H3/t10-,11+/m0/s1. The third-order valence-electron chi connectivity index (χ3n) is 2.36. The summed E-state index contributed by atoms with van der Waals surface area (Å²) in [7, 11) is 1.55. The number of nitrogens with two attached hydrogens (primary N) is 1. The second-order valence-corrected chi connectivity index (χ2v) is 3.50. The van der Waals surface area contributed by atoms with E-state index in [9.17, 15) is 9.90 Å². The molecule has 5 heteroatoms. The van der Waals surface area contributed by atoms with Crippen LogP contribution in [0.5, 0.6) is 5.75 Å². The topological polar surface area (TPSA) is 81.8 Å². The minimum absolute atomic E-state index is 0.238. The summed E-state index contributed by atoms with van der Waals surface area (Å²) in [5.74, 6) is 0.0569. The lowest BCUT2D eigenvalue weighted by atomic mass is 10.0. The average molecular weight is 239 g/mol. The molecule has 1 aromatic carbocycles. The Hall–Kier alpha value is -1.59. The summed E-state index contributed by atoms with van der Waals surface area (Å²) in [6.45, 7) is 1.92. The Morgan fingerprint density at radius 1 is 1.41 bits per heavy atom. The van der Waals surface area contributed by atoms with Crippen LogP contribution in [0, 0.1) is 0 Å². The maximum Gasteiger partial charge on any atom is 0.325 e. The van der Waals surface area contributed by atoms with Crippen LogP contribution in [-0.4, -0.2) is 30.8 Å². The first kappa shape index (κ1) is 13.5. The Kier molecular flexibility index (Phi) is 4.93. The van der Waals surface area contributed by atoms with Crippen LogP contribution >= 0.6 is 0 Å². The van der Waals surface area contributed by atoms with Gasteiger partial charge in [-0.1, -0.05) is 12.1 Å². The van der Waals surface area contributed by atoms with Crippen molar-refractivity contribution in [3.05, 3.63) is 29.8 Å². The number of rotatable bonds is 5. The van der Waals surface area contributed by atoms with Gasteiger partial charge in [-0.2, -0.15) is 0 Å². The molecular formula is C12H17NO4. The first-order valence-corrected chi connectivity index (χ1v) is 5.34. The van der Waals surface area contributed by atoms with Crippen molar-refractivity contribution in [2.24, 2.45) is 5.73 Å². The number of carbonyl (C=O) groups is 1. The van der Waals surface area contributed by atoms with E-state index in [1.54, 1.807) is 38.3 Å². The highest BCUT2D eigenvalue weighted by atomic mass is 16.5. The average Bonchev–Trinajstić information content (AvgIpc) is 2.37. The smallest absolute Gasteiger partial charge is 0.325 e. The van der Waals surface area contributed by atoms with E-state index in [0.717, 1.165) is 0 Å². The van der Waals surface area contributed by atoms with Crippen LogP contribution in [0.4, 0.5) is 0 Å². The van der Waals surface area contributed by atoms with Crippen LogP contribution in [0.3, 0.4) is 0 Å². The lowest BCUT2D eigenvalue weighted by Gasteiger charge is -2.17. The van der Waals surface area contributed by atoms with E-state index in [1.807, 2.05) is 0 Å². The van der Waals surface area contributed by atoms with Gasteiger partial charge in [0.15, 0.2) is 0 Å². The molecule has 5 nitrogen and oxygen atoms in total. The number of methoxy groups -OCH3 is 1. The summed E-state index contributed by atoms with van der Waals surface area (Å²) in [6, 6.07) is 5.61. The number of benzene rings is 1. The van der Waals surface area contributed by atoms with Gasteiger partial charge < -0.3 is 20.3 Å². The number of esters is 1. The minimum Gasteiger partial charge on any atom is -0.497 e. The van der Waals surface area contributed by atoms with Crippen molar-refractivity contribution in [3.8, 4) is 5.75 Å². The van der Waals surface area contributed by atoms with E-state index in [4.69, 9.17) is 15.2 Å². The maximum atomic E-state index is 11.3. The van der Waals surface area contributed by atoms with E-state index in [0.29, 0.717) is 11.3 Å². The van der Waals surface area contributed by atoms with E-state index in [-0.39, 0.29) is 6.61 Å². The number of hydrogen-bond acceptors (Lipinski definition) is 5.